The topological polar surface area (TPSA) is 96.3 Å². The Kier molecular flexibility index (Phi) is 9.12. The zero-order valence-corrected chi connectivity index (χ0v) is 21.3. The predicted molar refractivity (Wildman–Crippen MR) is 129 cm³/mol. The minimum absolute atomic E-state index is 0.00699. The van der Waals surface area contributed by atoms with E-state index < -0.39 is 16.1 Å². The molecule has 0 spiro atoms. The molecule has 2 amide bonds. The van der Waals surface area contributed by atoms with E-state index in [1.807, 2.05) is 51.9 Å². The van der Waals surface area contributed by atoms with Crippen LogP contribution in [0.25, 0.3) is 0 Å². The van der Waals surface area contributed by atoms with Gasteiger partial charge in [0.15, 0.2) is 5.03 Å². The summed E-state index contributed by atoms with van der Waals surface area (Å²) in [5.41, 5.74) is 3.14. The number of urea groups is 1. The first-order valence-corrected chi connectivity index (χ1v) is 12.8. The fraction of sp³-hybridized carbons (Fsp3) is 0.545. The number of sulfonamides is 1. The normalized spacial score (nSPS) is 12.8. The van der Waals surface area contributed by atoms with Gasteiger partial charge < -0.3 is 10.2 Å². The van der Waals surface area contributed by atoms with Gasteiger partial charge in [-0.05, 0) is 56.6 Å². The van der Waals surface area contributed by atoms with Crippen molar-refractivity contribution in [2.24, 2.45) is 7.05 Å². The molecule has 32 heavy (non-hydrogen) atoms. The summed E-state index contributed by atoms with van der Waals surface area (Å²) >= 11 is 6.26. The highest BCUT2D eigenvalue weighted by Gasteiger charge is 2.26. The summed E-state index contributed by atoms with van der Waals surface area (Å²) in [5, 5.41) is 7.30. The number of nitrogens with one attached hydrogen (secondary N) is 2. The summed E-state index contributed by atoms with van der Waals surface area (Å²) < 4.78 is 29.4. The third-order valence-corrected chi connectivity index (χ3v) is 6.71. The van der Waals surface area contributed by atoms with Gasteiger partial charge in [-0.2, -0.15) is 13.5 Å². The summed E-state index contributed by atoms with van der Waals surface area (Å²) in [5.74, 6) is 0. The summed E-state index contributed by atoms with van der Waals surface area (Å²) in [6.07, 6.45) is 3.94. The molecule has 2 aromatic rings. The van der Waals surface area contributed by atoms with Gasteiger partial charge in [-0.25, -0.2) is 9.52 Å². The van der Waals surface area contributed by atoms with E-state index in [4.69, 9.17) is 11.6 Å². The van der Waals surface area contributed by atoms with Crippen molar-refractivity contribution in [3.8, 4) is 0 Å². The van der Waals surface area contributed by atoms with Crippen LogP contribution in [0.1, 0.15) is 62.9 Å². The number of aryl methyl sites for hydroxylation is 3. The first-order valence-electron chi connectivity index (χ1n) is 10.9. The van der Waals surface area contributed by atoms with Gasteiger partial charge in [-0.15, -0.1) is 0 Å². The molecule has 0 saturated carbocycles. The number of rotatable bonds is 10. The largest absolute Gasteiger partial charge is 0.333 e. The molecule has 0 radical (unpaired) electrons. The quantitative estimate of drug-likeness (QED) is 0.518. The van der Waals surface area contributed by atoms with Crippen LogP contribution in [0.5, 0.6) is 0 Å². The molecular weight excluding hydrogens is 450 g/mol. The lowest BCUT2D eigenvalue weighted by Gasteiger charge is -2.22. The monoisotopic (exact) mass is 483 g/mol. The van der Waals surface area contributed by atoms with Crippen LogP contribution in [0.3, 0.4) is 0 Å². The van der Waals surface area contributed by atoms with Crippen LogP contribution in [0.15, 0.2) is 23.2 Å². The predicted octanol–water partition coefficient (Wildman–Crippen LogP) is 4.50. The molecule has 1 heterocycles. The average molecular weight is 484 g/mol. The molecule has 10 heteroatoms. The molecule has 0 aliphatic rings. The van der Waals surface area contributed by atoms with Gasteiger partial charge >= 0.3 is 6.03 Å². The Bertz CT molecular complexity index is 1020. The second kappa shape index (κ2) is 11.2. The summed E-state index contributed by atoms with van der Waals surface area (Å²) in [6.45, 7) is 6.08. The third-order valence-electron chi connectivity index (χ3n) is 5.29. The number of carbonyl (C=O) groups excluding carboxylic acids is 1. The first kappa shape index (κ1) is 26.2. The van der Waals surface area contributed by atoms with E-state index in [0.29, 0.717) is 23.6 Å². The summed E-state index contributed by atoms with van der Waals surface area (Å²) in [7, 11) is 1.40. The number of benzene rings is 1. The second-order valence-corrected chi connectivity index (χ2v) is 10.1. The molecule has 0 aliphatic heterocycles. The van der Waals surface area contributed by atoms with Crippen molar-refractivity contribution in [2.75, 3.05) is 19.4 Å². The SMILES string of the molecule is CCCc1cc(Cl)cc(CCC)c1NC(=O)NS(=O)(=O)c1cc(C(CC)N(C)C)n(C)n1. The standard InChI is InChI=1S/C22H34ClN5O3S/c1-7-10-15-12-17(23)13-16(11-8-2)21(15)24-22(29)26-32(30,31)20-14-19(28(6)25-20)18(9-3)27(4)5/h12-14,18H,7-11H2,1-6H3,(H2,24,26,29). The first-order chi connectivity index (χ1) is 15.0. The van der Waals surface area contributed by atoms with E-state index in [1.54, 1.807) is 11.7 Å². The highest BCUT2D eigenvalue weighted by atomic mass is 35.5. The van der Waals surface area contributed by atoms with Crippen LogP contribution < -0.4 is 10.0 Å². The molecule has 2 rings (SSSR count). The van der Waals surface area contributed by atoms with Crippen LogP contribution in [-0.4, -0.2) is 43.2 Å². The Hall–Kier alpha value is -2.10. The zero-order chi connectivity index (χ0) is 24.1. The van der Waals surface area contributed by atoms with Crippen LogP contribution in [0, 0.1) is 0 Å². The number of carbonyl (C=O) groups is 1. The van der Waals surface area contributed by atoms with Crippen molar-refractivity contribution in [1.29, 1.82) is 0 Å². The van der Waals surface area contributed by atoms with Gasteiger partial charge in [-0.3, -0.25) is 4.68 Å². The van der Waals surface area contributed by atoms with E-state index in [9.17, 15) is 13.2 Å². The number of halogens is 1. The maximum absolute atomic E-state index is 12.9. The Balaban J connectivity index is 2.30. The Labute approximate surface area is 196 Å². The lowest BCUT2D eigenvalue weighted by molar-refractivity contribution is 0.256. The van der Waals surface area contributed by atoms with Crippen molar-refractivity contribution in [2.45, 2.75) is 63.9 Å². The van der Waals surface area contributed by atoms with Gasteiger partial charge in [0, 0.05) is 23.8 Å². The summed E-state index contributed by atoms with van der Waals surface area (Å²) in [6, 6.07) is 4.31. The van der Waals surface area contributed by atoms with Crippen LogP contribution >= 0.6 is 11.6 Å². The van der Waals surface area contributed by atoms with Crippen molar-refractivity contribution < 1.29 is 13.2 Å². The molecule has 8 nitrogen and oxygen atoms in total. The fourth-order valence-corrected chi connectivity index (χ4v) is 5.04. The van der Waals surface area contributed by atoms with E-state index in [1.165, 1.54) is 6.07 Å². The molecule has 2 N–H and O–H groups in total. The highest BCUT2D eigenvalue weighted by molar-refractivity contribution is 7.90. The number of amides is 2. The van der Waals surface area contributed by atoms with E-state index in [-0.39, 0.29) is 11.1 Å². The van der Waals surface area contributed by atoms with Crippen molar-refractivity contribution in [3.05, 3.63) is 40.0 Å². The number of anilines is 1. The molecule has 1 unspecified atom stereocenters. The number of hydrogen-bond acceptors (Lipinski definition) is 5. The maximum Gasteiger partial charge on any atom is 0.333 e. The Morgan fingerprint density at radius 2 is 1.69 bits per heavy atom. The van der Waals surface area contributed by atoms with Crippen LogP contribution in [0.4, 0.5) is 10.5 Å². The fourth-order valence-electron chi connectivity index (χ4n) is 3.87. The smallest absolute Gasteiger partial charge is 0.307 e. The number of aromatic nitrogens is 2. The van der Waals surface area contributed by atoms with E-state index in [2.05, 4.69) is 15.1 Å². The molecular formula is C22H34ClN5O3S. The molecule has 0 fully saturated rings. The van der Waals surface area contributed by atoms with Gasteiger partial charge in [0.25, 0.3) is 10.0 Å². The van der Waals surface area contributed by atoms with Crippen molar-refractivity contribution in [3.63, 3.8) is 0 Å². The van der Waals surface area contributed by atoms with Crippen molar-refractivity contribution >= 4 is 33.3 Å². The van der Waals surface area contributed by atoms with E-state index in [0.717, 1.165) is 36.1 Å². The van der Waals surface area contributed by atoms with Gasteiger partial charge in [-0.1, -0.05) is 45.2 Å². The highest BCUT2D eigenvalue weighted by Crippen LogP contribution is 2.29. The Morgan fingerprint density at radius 3 is 2.16 bits per heavy atom. The van der Waals surface area contributed by atoms with Gasteiger partial charge in [0.2, 0.25) is 0 Å². The average Bonchev–Trinajstić information content (AvgIpc) is 3.07. The minimum atomic E-state index is -4.15. The molecule has 0 aliphatic carbocycles. The van der Waals surface area contributed by atoms with E-state index >= 15 is 0 Å². The van der Waals surface area contributed by atoms with Gasteiger partial charge in [0.05, 0.1) is 11.7 Å². The second-order valence-electron chi connectivity index (χ2n) is 8.08. The Morgan fingerprint density at radius 1 is 1.12 bits per heavy atom. The molecule has 1 atom stereocenters. The van der Waals surface area contributed by atoms with Crippen molar-refractivity contribution in [1.82, 2.24) is 19.4 Å². The minimum Gasteiger partial charge on any atom is -0.307 e. The molecule has 1 aromatic heterocycles. The van der Waals surface area contributed by atoms with Crippen LogP contribution in [-0.2, 0) is 29.9 Å². The number of nitrogens with zero attached hydrogens (tertiary/aromatic N) is 3. The third kappa shape index (κ3) is 6.24. The molecule has 0 saturated heterocycles. The lowest BCUT2D eigenvalue weighted by Crippen LogP contribution is -2.35. The lowest BCUT2D eigenvalue weighted by atomic mass is 10.00. The molecule has 178 valence electrons. The number of hydrogen-bond donors (Lipinski definition) is 2. The van der Waals surface area contributed by atoms with Crippen LogP contribution in [0.2, 0.25) is 5.02 Å². The maximum atomic E-state index is 12.9. The molecule has 0 bridgehead atoms. The molecule has 1 aromatic carbocycles. The zero-order valence-electron chi connectivity index (χ0n) is 19.7. The van der Waals surface area contributed by atoms with Gasteiger partial charge in [0.1, 0.15) is 0 Å². The summed E-state index contributed by atoms with van der Waals surface area (Å²) in [4.78, 5) is 14.7.